The molecule has 0 aliphatic heterocycles. The van der Waals surface area contributed by atoms with Crippen LogP contribution in [0.3, 0.4) is 0 Å². The summed E-state index contributed by atoms with van der Waals surface area (Å²) in [4.78, 5) is 5.02. The summed E-state index contributed by atoms with van der Waals surface area (Å²) in [6.45, 7) is 2.13. The van der Waals surface area contributed by atoms with E-state index in [0.29, 0.717) is 0 Å². The topological polar surface area (TPSA) is 35.4 Å². The van der Waals surface area contributed by atoms with Gasteiger partial charge in [-0.05, 0) is 72.6 Å². The Balaban J connectivity index is 1.42. The zero-order chi connectivity index (χ0) is 23.8. The highest BCUT2D eigenvalue weighted by molar-refractivity contribution is 6.07. The summed E-state index contributed by atoms with van der Waals surface area (Å²) in [6.07, 6.45) is 0. The van der Waals surface area contributed by atoms with Crippen LogP contribution in [0.1, 0.15) is 5.56 Å². The average molecular weight is 464 g/mol. The van der Waals surface area contributed by atoms with Gasteiger partial charge in [0.2, 0.25) is 5.78 Å². The Hall–Kier alpha value is -4.83. The number of benzene rings is 5. The van der Waals surface area contributed by atoms with Crippen LogP contribution in [0.15, 0.2) is 114 Å². The van der Waals surface area contributed by atoms with Gasteiger partial charge in [-0.25, -0.2) is 4.98 Å². The quantitative estimate of drug-likeness (QED) is 0.258. The highest BCUT2D eigenvalue weighted by Crippen LogP contribution is 2.35. The summed E-state index contributed by atoms with van der Waals surface area (Å²) < 4.78 is 10.7. The van der Waals surface area contributed by atoms with E-state index in [1.807, 2.05) is 6.07 Å². The van der Waals surface area contributed by atoms with Gasteiger partial charge in [-0.2, -0.15) is 0 Å². The maximum Gasteiger partial charge on any atom is 0.220 e. The van der Waals surface area contributed by atoms with E-state index in [-0.39, 0.29) is 0 Å². The molecule has 4 heteroatoms. The van der Waals surface area contributed by atoms with Crippen molar-refractivity contribution in [2.45, 2.75) is 6.92 Å². The summed E-state index contributed by atoms with van der Waals surface area (Å²) in [5.41, 5.74) is 10.9. The lowest BCUT2D eigenvalue weighted by atomic mass is 10.0. The van der Waals surface area contributed by atoms with Gasteiger partial charge in [-0.3, -0.25) is 8.97 Å². The summed E-state index contributed by atoms with van der Waals surface area (Å²) >= 11 is 0. The van der Waals surface area contributed by atoms with Gasteiger partial charge in [0.15, 0.2) is 0 Å². The molecular formula is C32H21N3O. The van der Waals surface area contributed by atoms with E-state index >= 15 is 0 Å². The number of rotatable bonds is 2. The molecule has 3 heterocycles. The maximum atomic E-state index is 6.23. The molecule has 8 aromatic rings. The van der Waals surface area contributed by atoms with Gasteiger partial charge in [-0.1, -0.05) is 60.2 Å². The molecule has 0 saturated heterocycles. The highest BCUT2D eigenvalue weighted by Gasteiger charge is 2.18. The minimum absolute atomic E-state index is 0.885. The molecule has 8 rings (SSSR count). The first-order chi connectivity index (χ1) is 17.7. The molecule has 0 bridgehead atoms. The predicted octanol–water partition coefficient (Wildman–Crippen LogP) is 8.31. The first-order valence-electron chi connectivity index (χ1n) is 12.1. The molecule has 0 aliphatic carbocycles. The van der Waals surface area contributed by atoms with Crippen LogP contribution in [0.25, 0.3) is 66.6 Å². The Labute approximate surface area is 206 Å². The van der Waals surface area contributed by atoms with Crippen LogP contribution in [-0.2, 0) is 0 Å². The molecule has 0 fully saturated rings. The van der Waals surface area contributed by atoms with Crippen molar-refractivity contribution in [3.8, 4) is 16.8 Å². The average Bonchev–Trinajstić information content (AvgIpc) is 3.56. The number of hydrogen-bond donors (Lipinski definition) is 0. The number of aromatic nitrogens is 3. The molecule has 0 radical (unpaired) electrons. The lowest BCUT2D eigenvalue weighted by Gasteiger charge is -2.06. The van der Waals surface area contributed by atoms with Gasteiger partial charge >= 0.3 is 0 Å². The van der Waals surface area contributed by atoms with E-state index in [4.69, 9.17) is 9.40 Å². The number of aryl methyl sites for hydroxylation is 1. The second-order valence-corrected chi connectivity index (χ2v) is 9.42. The summed E-state index contributed by atoms with van der Waals surface area (Å²) in [5, 5.41) is 2.22. The Kier molecular flexibility index (Phi) is 3.84. The van der Waals surface area contributed by atoms with Gasteiger partial charge in [0.25, 0.3) is 0 Å². The molecule has 0 spiro atoms. The minimum Gasteiger partial charge on any atom is -0.456 e. The molecular weight excluding hydrogens is 442 g/mol. The molecule has 0 aliphatic rings. The number of hydrogen-bond acceptors (Lipinski definition) is 2. The van der Waals surface area contributed by atoms with Crippen molar-refractivity contribution < 1.29 is 4.42 Å². The monoisotopic (exact) mass is 463 g/mol. The first kappa shape index (κ1) is 19.5. The molecule has 0 N–H and O–H groups in total. The second kappa shape index (κ2) is 7.09. The SMILES string of the molecule is Cc1cccc(-c2ccc3oc4ccc(-n5c6ccccc6n6c7ccccc7nc56)cc4c3c2)c1. The van der Waals surface area contributed by atoms with Crippen LogP contribution in [0.5, 0.6) is 0 Å². The largest absolute Gasteiger partial charge is 0.456 e. The van der Waals surface area contributed by atoms with Gasteiger partial charge in [0.1, 0.15) is 11.2 Å². The number of nitrogens with zero attached hydrogens (tertiary/aromatic N) is 3. The van der Waals surface area contributed by atoms with Crippen molar-refractivity contribution in [1.29, 1.82) is 0 Å². The molecule has 0 unspecified atom stereocenters. The van der Waals surface area contributed by atoms with Crippen LogP contribution in [0.2, 0.25) is 0 Å². The van der Waals surface area contributed by atoms with Gasteiger partial charge in [0, 0.05) is 10.8 Å². The summed E-state index contributed by atoms with van der Waals surface area (Å²) in [7, 11) is 0. The van der Waals surface area contributed by atoms with Crippen molar-refractivity contribution in [3.63, 3.8) is 0 Å². The van der Waals surface area contributed by atoms with E-state index in [2.05, 4.69) is 119 Å². The predicted molar refractivity (Wildman–Crippen MR) is 147 cm³/mol. The van der Waals surface area contributed by atoms with Crippen molar-refractivity contribution in [2.75, 3.05) is 0 Å². The first-order valence-corrected chi connectivity index (χ1v) is 12.1. The smallest absolute Gasteiger partial charge is 0.220 e. The molecule has 4 nitrogen and oxygen atoms in total. The van der Waals surface area contributed by atoms with Gasteiger partial charge < -0.3 is 4.42 Å². The third-order valence-corrected chi connectivity index (χ3v) is 7.17. The number of para-hydroxylation sites is 4. The molecule has 170 valence electrons. The fraction of sp³-hybridized carbons (Fsp3) is 0.0312. The lowest BCUT2D eigenvalue weighted by Crippen LogP contribution is -1.94. The van der Waals surface area contributed by atoms with Crippen LogP contribution >= 0.6 is 0 Å². The van der Waals surface area contributed by atoms with E-state index in [0.717, 1.165) is 55.5 Å². The summed E-state index contributed by atoms with van der Waals surface area (Å²) in [5.74, 6) is 0.907. The number of furan rings is 1. The highest BCUT2D eigenvalue weighted by atomic mass is 16.3. The van der Waals surface area contributed by atoms with Crippen molar-refractivity contribution in [2.24, 2.45) is 0 Å². The van der Waals surface area contributed by atoms with Gasteiger partial charge in [0.05, 0.1) is 27.8 Å². The molecule has 0 amide bonds. The number of imidazole rings is 2. The van der Waals surface area contributed by atoms with Crippen molar-refractivity contribution in [3.05, 3.63) is 115 Å². The lowest BCUT2D eigenvalue weighted by molar-refractivity contribution is 0.669. The molecule has 3 aromatic heterocycles. The van der Waals surface area contributed by atoms with Crippen LogP contribution in [-0.4, -0.2) is 14.0 Å². The Morgan fingerprint density at radius 2 is 1.33 bits per heavy atom. The third-order valence-electron chi connectivity index (χ3n) is 7.17. The van der Waals surface area contributed by atoms with Crippen molar-refractivity contribution >= 4 is 49.8 Å². The minimum atomic E-state index is 0.885. The molecule has 5 aromatic carbocycles. The number of fused-ring (bicyclic) bond motifs is 8. The third kappa shape index (κ3) is 2.67. The van der Waals surface area contributed by atoms with E-state index in [1.54, 1.807) is 0 Å². The fourth-order valence-corrected chi connectivity index (χ4v) is 5.51. The zero-order valence-electron chi connectivity index (χ0n) is 19.6. The standard InChI is InChI=1S/C32H21N3O/c1-20-7-6-8-21(17-20)22-13-15-30-24(18-22)25-19-23(14-16-31(25)36-30)34-28-11-4-5-12-29(28)35-27-10-3-2-9-26(27)33-32(34)35/h2-19H,1H3. The Morgan fingerprint density at radius 3 is 2.19 bits per heavy atom. The van der Waals surface area contributed by atoms with Crippen LogP contribution in [0, 0.1) is 6.92 Å². The Bertz CT molecular complexity index is 2120. The van der Waals surface area contributed by atoms with Crippen LogP contribution < -0.4 is 0 Å². The summed E-state index contributed by atoms with van der Waals surface area (Å²) in [6, 6.07) is 38.3. The molecule has 0 saturated carbocycles. The van der Waals surface area contributed by atoms with E-state index in [9.17, 15) is 0 Å². The Morgan fingerprint density at radius 1 is 0.611 bits per heavy atom. The van der Waals surface area contributed by atoms with Crippen molar-refractivity contribution in [1.82, 2.24) is 14.0 Å². The van der Waals surface area contributed by atoms with Crippen LogP contribution in [0.4, 0.5) is 0 Å². The molecule has 0 atom stereocenters. The van der Waals surface area contributed by atoms with Gasteiger partial charge in [-0.15, -0.1) is 0 Å². The second-order valence-electron chi connectivity index (χ2n) is 9.42. The fourth-order valence-electron chi connectivity index (χ4n) is 5.51. The van der Waals surface area contributed by atoms with E-state index < -0.39 is 0 Å². The van der Waals surface area contributed by atoms with E-state index in [1.165, 1.54) is 16.7 Å². The normalized spacial score (nSPS) is 12.0. The maximum absolute atomic E-state index is 6.23. The molecule has 36 heavy (non-hydrogen) atoms. The zero-order valence-corrected chi connectivity index (χ0v) is 19.6.